The van der Waals surface area contributed by atoms with Crippen LogP contribution in [0.15, 0.2) is 64.1 Å². The SMILES string of the molecule is O=C(OCc1ccccc1)N(CCNCC1=C=C2CCCC(C2)C1)CCc1ccc(O)c2[nH]c(=O)sc12. The average molecular weight is 520 g/mol. The lowest BCUT2D eigenvalue weighted by Gasteiger charge is -2.28. The third-order valence-corrected chi connectivity index (χ3v) is 8.12. The number of rotatable bonds is 10. The summed E-state index contributed by atoms with van der Waals surface area (Å²) in [7, 11) is 0. The van der Waals surface area contributed by atoms with Gasteiger partial charge < -0.3 is 25.0 Å². The number of fused-ring (bicyclic) bond motifs is 3. The number of phenolic OH excluding ortho intramolecular Hbond substituents is 1. The van der Waals surface area contributed by atoms with E-state index in [0.717, 1.165) is 46.0 Å². The highest BCUT2D eigenvalue weighted by molar-refractivity contribution is 7.16. The van der Waals surface area contributed by atoms with Crippen molar-refractivity contribution in [3.63, 3.8) is 0 Å². The van der Waals surface area contributed by atoms with E-state index in [9.17, 15) is 14.7 Å². The Kier molecular flexibility index (Phi) is 8.09. The second kappa shape index (κ2) is 11.8. The van der Waals surface area contributed by atoms with E-state index in [0.29, 0.717) is 31.6 Å². The van der Waals surface area contributed by atoms with Crippen molar-refractivity contribution < 1.29 is 14.6 Å². The summed E-state index contributed by atoms with van der Waals surface area (Å²) in [6.07, 6.45) is 6.31. The van der Waals surface area contributed by atoms with Gasteiger partial charge in [0.1, 0.15) is 17.9 Å². The summed E-state index contributed by atoms with van der Waals surface area (Å²) in [5.74, 6) is 0.828. The lowest BCUT2D eigenvalue weighted by atomic mass is 9.78. The zero-order chi connectivity index (χ0) is 25.6. The normalized spacial score (nSPS) is 16.8. The molecule has 0 radical (unpaired) electrons. The average Bonchev–Trinajstić information content (AvgIpc) is 3.31. The molecule has 194 valence electrons. The Morgan fingerprint density at radius 3 is 2.89 bits per heavy atom. The van der Waals surface area contributed by atoms with E-state index in [2.05, 4.69) is 16.0 Å². The van der Waals surface area contributed by atoms with Crippen molar-refractivity contribution in [3.05, 3.63) is 80.1 Å². The standard InChI is InChI=1S/C29H33N3O4S/c33-25-10-9-24(27-26(25)31-28(34)37-27)11-13-32(29(35)36-19-20-5-2-1-3-6-20)14-12-30-18-23-16-21-7-4-8-22(15-21)17-23/h1-3,5-6,9-10,21,30,33H,4,7-8,11-16,18-19H2,(H,31,34). The number of amides is 1. The van der Waals surface area contributed by atoms with Crippen LogP contribution in [-0.2, 0) is 17.8 Å². The molecule has 1 atom stereocenters. The molecule has 2 bridgehead atoms. The number of ether oxygens (including phenoxy) is 1. The molecule has 37 heavy (non-hydrogen) atoms. The predicted molar refractivity (Wildman–Crippen MR) is 146 cm³/mol. The second-order valence-electron chi connectivity index (χ2n) is 9.92. The summed E-state index contributed by atoms with van der Waals surface area (Å²) < 4.78 is 6.36. The smallest absolute Gasteiger partial charge is 0.410 e. The van der Waals surface area contributed by atoms with Crippen molar-refractivity contribution in [2.24, 2.45) is 5.92 Å². The number of thiazole rings is 1. The molecule has 1 unspecified atom stereocenters. The lowest BCUT2D eigenvalue weighted by Crippen LogP contribution is -2.39. The molecule has 5 rings (SSSR count). The molecule has 0 spiro atoms. The Morgan fingerprint density at radius 2 is 2.05 bits per heavy atom. The fourth-order valence-corrected chi connectivity index (χ4v) is 6.19. The molecule has 7 nitrogen and oxygen atoms in total. The first-order chi connectivity index (χ1) is 18.0. The quantitative estimate of drug-likeness (QED) is 0.256. The number of benzene rings is 2. The predicted octanol–water partition coefficient (Wildman–Crippen LogP) is 5.11. The summed E-state index contributed by atoms with van der Waals surface area (Å²) in [5.41, 5.74) is 8.74. The number of phenols is 1. The van der Waals surface area contributed by atoms with E-state index in [-0.39, 0.29) is 23.3 Å². The minimum Gasteiger partial charge on any atom is -0.506 e. The van der Waals surface area contributed by atoms with Crippen LogP contribution in [-0.4, -0.2) is 47.3 Å². The minimum absolute atomic E-state index is 0.0524. The Bertz CT molecular complexity index is 1370. The van der Waals surface area contributed by atoms with Gasteiger partial charge in [0.15, 0.2) is 0 Å². The number of aromatic hydroxyl groups is 1. The van der Waals surface area contributed by atoms with Crippen LogP contribution < -0.4 is 10.2 Å². The van der Waals surface area contributed by atoms with Crippen LogP contribution in [0.1, 0.15) is 43.2 Å². The van der Waals surface area contributed by atoms with Crippen LogP contribution in [0.3, 0.4) is 0 Å². The fraction of sp³-hybridized carbons (Fsp3) is 0.414. The summed E-state index contributed by atoms with van der Waals surface area (Å²) in [5, 5.41) is 13.6. The Balaban J connectivity index is 1.22. The number of hydrogen-bond acceptors (Lipinski definition) is 6. The Hall–Kier alpha value is -3.32. The molecule has 1 amide bonds. The van der Waals surface area contributed by atoms with Crippen molar-refractivity contribution in [3.8, 4) is 5.75 Å². The minimum atomic E-state index is -0.364. The zero-order valence-electron chi connectivity index (χ0n) is 20.9. The first kappa shape index (κ1) is 25.3. The number of carbonyl (C=O) groups is 1. The van der Waals surface area contributed by atoms with Gasteiger partial charge in [-0.2, -0.15) is 0 Å². The highest BCUT2D eigenvalue weighted by Gasteiger charge is 2.22. The molecule has 1 aromatic heterocycles. The number of hydrogen-bond donors (Lipinski definition) is 3. The molecule has 8 heteroatoms. The van der Waals surface area contributed by atoms with Crippen LogP contribution in [0.25, 0.3) is 10.2 Å². The summed E-state index contributed by atoms with van der Waals surface area (Å²) in [4.78, 5) is 29.1. The van der Waals surface area contributed by atoms with Crippen molar-refractivity contribution in [2.45, 2.75) is 45.1 Å². The van der Waals surface area contributed by atoms with Gasteiger partial charge >= 0.3 is 11.0 Å². The van der Waals surface area contributed by atoms with Crippen molar-refractivity contribution in [1.29, 1.82) is 0 Å². The molecule has 1 heterocycles. The molecule has 3 N–H and O–H groups in total. The molecule has 0 saturated heterocycles. The topological polar surface area (TPSA) is 94.7 Å². The Labute approximate surface area is 220 Å². The van der Waals surface area contributed by atoms with Crippen LogP contribution >= 0.6 is 11.3 Å². The van der Waals surface area contributed by atoms with E-state index in [1.54, 1.807) is 11.0 Å². The van der Waals surface area contributed by atoms with Crippen LogP contribution in [0, 0.1) is 5.92 Å². The molecule has 2 aromatic carbocycles. The number of nitrogens with zero attached hydrogens (tertiary/aromatic N) is 1. The van der Waals surface area contributed by atoms with Crippen molar-refractivity contribution >= 4 is 27.6 Å². The van der Waals surface area contributed by atoms with E-state index in [1.807, 2.05) is 36.4 Å². The van der Waals surface area contributed by atoms with Gasteiger partial charge in [-0.25, -0.2) is 4.79 Å². The maximum absolute atomic E-state index is 13.0. The number of aromatic nitrogens is 1. The molecule has 1 fully saturated rings. The molecule has 0 aliphatic heterocycles. The first-order valence-corrected chi connectivity index (χ1v) is 13.8. The highest BCUT2D eigenvalue weighted by atomic mass is 32.1. The molecule has 2 aliphatic rings. The van der Waals surface area contributed by atoms with Crippen LogP contribution in [0.2, 0.25) is 0 Å². The van der Waals surface area contributed by atoms with Crippen molar-refractivity contribution in [1.82, 2.24) is 15.2 Å². The van der Waals surface area contributed by atoms with E-state index < -0.39 is 0 Å². The zero-order valence-corrected chi connectivity index (χ0v) is 21.7. The second-order valence-corrected chi connectivity index (χ2v) is 10.9. The number of nitrogens with one attached hydrogen (secondary N) is 2. The third-order valence-electron chi connectivity index (χ3n) is 7.16. The summed E-state index contributed by atoms with van der Waals surface area (Å²) in [6, 6.07) is 13.0. The van der Waals surface area contributed by atoms with Crippen LogP contribution in [0.5, 0.6) is 5.75 Å². The Morgan fingerprint density at radius 1 is 1.19 bits per heavy atom. The number of H-pyrrole nitrogens is 1. The first-order valence-electron chi connectivity index (χ1n) is 13.0. The van der Waals surface area contributed by atoms with Gasteiger partial charge in [0.25, 0.3) is 0 Å². The molecular weight excluding hydrogens is 486 g/mol. The van der Waals surface area contributed by atoms with Gasteiger partial charge in [-0.1, -0.05) is 47.7 Å². The lowest BCUT2D eigenvalue weighted by molar-refractivity contribution is 0.0968. The molecular formula is C29H33N3O4S. The summed E-state index contributed by atoms with van der Waals surface area (Å²) in [6.45, 7) is 2.60. The number of carbonyl (C=O) groups excluding carboxylic acids is 1. The van der Waals surface area contributed by atoms with E-state index in [4.69, 9.17) is 4.74 Å². The van der Waals surface area contributed by atoms with Gasteiger partial charge in [0.2, 0.25) is 0 Å². The van der Waals surface area contributed by atoms with E-state index in [1.165, 1.54) is 36.8 Å². The van der Waals surface area contributed by atoms with Gasteiger partial charge in [-0.3, -0.25) is 4.79 Å². The van der Waals surface area contributed by atoms with Crippen molar-refractivity contribution in [2.75, 3.05) is 26.2 Å². The third kappa shape index (κ3) is 6.52. The van der Waals surface area contributed by atoms with Gasteiger partial charge in [0.05, 0.1) is 4.70 Å². The fourth-order valence-electron chi connectivity index (χ4n) is 5.29. The number of aromatic amines is 1. The maximum atomic E-state index is 13.0. The molecule has 2 aliphatic carbocycles. The maximum Gasteiger partial charge on any atom is 0.410 e. The van der Waals surface area contributed by atoms with Gasteiger partial charge in [-0.05, 0) is 72.8 Å². The largest absolute Gasteiger partial charge is 0.506 e. The van der Waals surface area contributed by atoms with Gasteiger partial charge in [-0.15, -0.1) is 5.73 Å². The highest BCUT2D eigenvalue weighted by Crippen LogP contribution is 2.35. The van der Waals surface area contributed by atoms with Crippen LogP contribution in [0.4, 0.5) is 4.79 Å². The molecule has 3 aromatic rings. The molecule has 1 saturated carbocycles. The van der Waals surface area contributed by atoms with Gasteiger partial charge in [0, 0.05) is 26.2 Å². The monoisotopic (exact) mass is 519 g/mol. The summed E-state index contributed by atoms with van der Waals surface area (Å²) >= 11 is 1.07. The van der Waals surface area contributed by atoms with E-state index >= 15 is 0 Å².